The summed E-state index contributed by atoms with van der Waals surface area (Å²) in [6.45, 7) is 1.75. The van der Waals surface area contributed by atoms with Gasteiger partial charge < -0.3 is 20.3 Å². The van der Waals surface area contributed by atoms with Crippen molar-refractivity contribution in [3.8, 4) is 11.4 Å². The minimum Gasteiger partial charge on any atom is -0.465 e. The Kier molecular flexibility index (Phi) is 3.72. The van der Waals surface area contributed by atoms with E-state index in [4.69, 9.17) is 9.63 Å². The lowest BCUT2D eigenvalue weighted by molar-refractivity contribution is 0.180. The van der Waals surface area contributed by atoms with Gasteiger partial charge in [-0.3, -0.25) is 0 Å². The van der Waals surface area contributed by atoms with Crippen LogP contribution in [0.2, 0.25) is 0 Å². The van der Waals surface area contributed by atoms with Crippen molar-refractivity contribution < 1.29 is 14.4 Å². The first kappa shape index (κ1) is 15.4. The maximum Gasteiger partial charge on any atom is 0.404 e. The standard InChI is InChI=1S/C17H17N5O3/c1-9-19-15(22-25-9)11-3-2-10-4-5-18-16(14(10)6-11)20-12-7-13(8-12)21-17(23)24/h2-6,12-13,21H,7-8H2,1H3,(H,18,20)(H,23,24). The van der Waals surface area contributed by atoms with Crippen molar-refractivity contribution in [2.24, 2.45) is 0 Å². The predicted octanol–water partition coefficient (Wildman–Crippen LogP) is 2.80. The van der Waals surface area contributed by atoms with Crippen LogP contribution in [0.5, 0.6) is 0 Å². The summed E-state index contributed by atoms with van der Waals surface area (Å²) in [5.41, 5.74) is 0.861. The van der Waals surface area contributed by atoms with Gasteiger partial charge in [0.25, 0.3) is 0 Å². The minimum atomic E-state index is -0.980. The van der Waals surface area contributed by atoms with E-state index in [-0.39, 0.29) is 12.1 Å². The summed E-state index contributed by atoms with van der Waals surface area (Å²) in [4.78, 5) is 19.4. The monoisotopic (exact) mass is 339 g/mol. The zero-order valence-corrected chi connectivity index (χ0v) is 13.6. The number of pyridine rings is 1. The molecule has 3 aromatic rings. The van der Waals surface area contributed by atoms with Crippen LogP contribution in [0.3, 0.4) is 0 Å². The molecule has 1 aromatic carbocycles. The molecular formula is C17H17N5O3. The summed E-state index contributed by atoms with van der Waals surface area (Å²) < 4.78 is 5.05. The highest BCUT2D eigenvalue weighted by Crippen LogP contribution is 2.30. The van der Waals surface area contributed by atoms with E-state index < -0.39 is 6.09 Å². The van der Waals surface area contributed by atoms with Crippen molar-refractivity contribution in [1.82, 2.24) is 20.4 Å². The van der Waals surface area contributed by atoms with Gasteiger partial charge in [0.1, 0.15) is 5.82 Å². The molecule has 0 atom stereocenters. The van der Waals surface area contributed by atoms with Crippen LogP contribution in [0.25, 0.3) is 22.2 Å². The predicted molar refractivity (Wildman–Crippen MR) is 91.4 cm³/mol. The van der Waals surface area contributed by atoms with E-state index in [2.05, 4.69) is 25.8 Å². The summed E-state index contributed by atoms with van der Waals surface area (Å²) in [5, 5.41) is 20.6. The molecule has 1 amide bonds. The molecule has 4 rings (SSSR count). The number of nitrogens with zero attached hydrogens (tertiary/aromatic N) is 3. The summed E-state index contributed by atoms with van der Waals surface area (Å²) in [6.07, 6.45) is 2.27. The number of nitrogens with one attached hydrogen (secondary N) is 2. The molecule has 1 saturated carbocycles. The van der Waals surface area contributed by atoms with Crippen molar-refractivity contribution >= 4 is 22.7 Å². The first-order valence-corrected chi connectivity index (χ1v) is 8.04. The molecule has 128 valence electrons. The average molecular weight is 339 g/mol. The number of aromatic nitrogens is 3. The molecule has 0 saturated heterocycles. The lowest BCUT2D eigenvalue weighted by atomic mass is 9.87. The third kappa shape index (κ3) is 3.10. The first-order valence-electron chi connectivity index (χ1n) is 8.04. The second-order valence-corrected chi connectivity index (χ2v) is 6.19. The van der Waals surface area contributed by atoms with Gasteiger partial charge in [0.05, 0.1) is 0 Å². The van der Waals surface area contributed by atoms with E-state index in [1.54, 1.807) is 13.1 Å². The Labute approximate surface area is 143 Å². The third-order valence-corrected chi connectivity index (χ3v) is 4.36. The van der Waals surface area contributed by atoms with Crippen molar-refractivity contribution in [1.29, 1.82) is 0 Å². The molecule has 0 bridgehead atoms. The molecule has 0 spiro atoms. The van der Waals surface area contributed by atoms with Crippen LogP contribution in [-0.4, -0.2) is 38.4 Å². The lowest BCUT2D eigenvalue weighted by Crippen LogP contribution is -2.49. The number of hydrogen-bond acceptors (Lipinski definition) is 6. The quantitative estimate of drug-likeness (QED) is 0.670. The van der Waals surface area contributed by atoms with Gasteiger partial charge in [-0.25, -0.2) is 9.78 Å². The maximum atomic E-state index is 10.7. The SMILES string of the molecule is Cc1nc(-c2ccc3ccnc(NC4CC(NC(=O)O)C4)c3c2)no1. The van der Waals surface area contributed by atoms with E-state index in [0.29, 0.717) is 11.7 Å². The highest BCUT2D eigenvalue weighted by Gasteiger charge is 2.30. The number of benzene rings is 1. The topological polar surface area (TPSA) is 113 Å². The largest absolute Gasteiger partial charge is 0.465 e. The van der Waals surface area contributed by atoms with Gasteiger partial charge in [-0.15, -0.1) is 0 Å². The van der Waals surface area contributed by atoms with Gasteiger partial charge >= 0.3 is 6.09 Å². The summed E-state index contributed by atoms with van der Waals surface area (Å²) in [6, 6.07) is 8.08. The minimum absolute atomic E-state index is 0.00263. The first-order chi connectivity index (χ1) is 12.1. The third-order valence-electron chi connectivity index (χ3n) is 4.36. The van der Waals surface area contributed by atoms with Crippen LogP contribution in [0, 0.1) is 6.92 Å². The summed E-state index contributed by atoms with van der Waals surface area (Å²) in [7, 11) is 0. The molecule has 2 heterocycles. The normalized spacial score (nSPS) is 19.4. The molecule has 3 N–H and O–H groups in total. The van der Waals surface area contributed by atoms with Crippen molar-refractivity contribution in [2.45, 2.75) is 31.8 Å². The smallest absolute Gasteiger partial charge is 0.404 e. The Morgan fingerprint density at radius 1 is 1.28 bits per heavy atom. The molecule has 2 aromatic heterocycles. The Hall–Kier alpha value is -3.16. The van der Waals surface area contributed by atoms with Gasteiger partial charge in [0.2, 0.25) is 11.7 Å². The van der Waals surface area contributed by atoms with Gasteiger partial charge in [-0.1, -0.05) is 17.3 Å². The highest BCUT2D eigenvalue weighted by molar-refractivity contribution is 5.94. The average Bonchev–Trinajstić information content (AvgIpc) is 2.99. The second kappa shape index (κ2) is 6.04. The number of rotatable bonds is 4. The van der Waals surface area contributed by atoms with E-state index in [1.807, 2.05) is 24.3 Å². The van der Waals surface area contributed by atoms with Gasteiger partial charge in [0.15, 0.2) is 0 Å². The Bertz CT molecular complexity index is 933. The fourth-order valence-corrected chi connectivity index (χ4v) is 3.06. The molecule has 0 aliphatic heterocycles. The number of fused-ring (bicyclic) bond motifs is 1. The molecule has 1 aliphatic carbocycles. The van der Waals surface area contributed by atoms with Crippen LogP contribution in [-0.2, 0) is 0 Å². The lowest BCUT2D eigenvalue weighted by Gasteiger charge is -2.36. The Morgan fingerprint density at radius 3 is 2.84 bits per heavy atom. The van der Waals surface area contributed by atoms with Gasteiger partial charge in [0, 0.05) is 36.2 Å². The van der Waals surface area contributed by atoms with Crippen LogP contribution in [0.4, 0.5) is 10.6 Å². The zero-order chi connectivity index (χ0) is 17.4. The molecule has 0 radical (unpaired) electrons. The van der Waals surface area contributed by atoms with Crippen LogP contribution < -0.4 is 10.6 Å². The maximum absolute atomic E-state index is 10.7. The fourth-order valence-electron chi connectivity index (χ4n) is 3.06. The second-order valence-electron chi connectivity index (χ2n) is 6.19. The molecule has 0 unspecified atom stereocenters. The number of anilines is 1. The van der Waals surface area contributed by atoms with Crippen LogP contribution in [0.1, 0.15) is 18.7 Å². The molecule has 8 heteroatoms. The number of carbonyl (C=O) groups is 1. The number of aryl methyl sites for hydroxylation is 1. The van der Waals surface area contributed by atoms with Gasteiger partial charge in [-0.2, -0.15) is 4.98 Å². The van der Waals surface area contributed by atoms with Gasteiger partial charge in [-0.05, 0) is 30.4 Å². The number of amides is 1. The van der Waals surface area contributed by atoms with Crippen molar-refractivity contribution in [3.05, 3.63) is 36.4 Å². The zero-order valence-electron chi connectivity index (χ0n) is 13.6. The summed E-state index contributed by atoms with van der Waals surface area (Å²) >= 11 is 0. The van der Waals surface area contributed by atoms with Crippen molar-refractivity contribution in [2.75, 3.05) is 5.32 Å². The fraction of sp³-hybridized carbons (Fsp3) is 0.294. The molecular weight excluding hydrogens is 322 g/mol. The molecule has 1 fully saturated rings. The number of carboxylic acid groups (broad SMARTS) is 1. The van der Waals surface area contributed by atoms with E-state index in [9.17, 15) is 4.79 Å². The number of hydrogen-bond donors (Lipinski definition) is 3. The molecule has 1 aliphatic rings. The van der Waals surface area contributed by atoms with Crippen LogP contribution in [0.15, 0.2) is 35.0 Å². The van der Waals surface area contributed by atoms with Crippen LogP contribution >= 0.6 is 0 Å². The highest BCUT2D eigenvalue weighted by atomic mass is 16.5. The summed E-state index contributed by atoms with van der Waals surface area (Å²) in [5.74, 6) is 1.84. The van der Waals surface area contributed by atoms with Crippen molar-refractivity contribution in [3.63, 3.8) is 0 Å². The Morgan fingerprint density at radius 2 is 2.12 bits per heavy atom. The molecule has 8 nitrogen and oxygen atoms in total. The van der Waals surface area contributed by atoms with E-state index in [1.165, 1.54) is 0 Å². The Balaban J connectivity index is 1.58. The molecule has 25 heavy (non-hydrogen) atoms. The van der Waals surface area contributed by atoms with E-state index >= 15 is 0 Å². The van der Waals surface area contributed by atoms with E-state index in [0.717, 1.165) is 35.0 Å².